The molecular weight excluding hydrogens is 431 g/mol. The number of carbonyl (C=O) groups excluding carboxylic acids is 1. The Morgan fingerprint density at radius 2 is 1.90 bits per heavy atom. The van der Waals surface area contributed by atoms with Crippen LogP contribution < -0.4 is 0 Å². The standard InChI is InChI=1S/C25H22Cl2N2O2/c1-29(15-17-5-3-2-4-6-17)16-28-20-10-7-18-9-12-24(21(18)14-20)31-25(30)19-8-11-22(26)23(27)13-19/h2-8,10-11,13-14,16,24H,9,12,15H2,1H3. The molecule has 0 saturated heterocycles. The van der Waals surface area contributed by atoms with Gasteiger partial charge in [0.15, 0.2) is 0 Å². The number of benzene rings is 3. The molecule has 6 heteroatoms. The number of hydrogen-bond acceptors (Lipinski definition) is 3. The van der Waals surface area contributed by atoms with Crippen LogP contribution in [0.5, 0.6) is 0 Å². The molecular formula is C25H22Cl2N2O2. The molecule has 0 spiro atoms. The van der Waals surface area contributed by atoms with Crippen LogP contribution in [0.2, 0.25) is 10.0 Å². The second-order valence-electron chi connectivity index (χ2n) is 7.59. The van der Waals surface area contributed by atoms with E-state index >= 15 is 0 Å². The third kappa shape index (κ3) is 5.27. The second kappa shape index (κ2) is 9.54. The number of nitrogens with zero attached hydrogens (tertiary/aromatic N) is 2. The molecule has 31 heavy (non-hydrogen) atoms. The minimum Gasteiger partial charge on any atom is -0.454 e. The van der Waals surface area contributed by atoms with Gasteiger partial charge < -0.3 is 9.64 Å². The van der Waals surface area contributed by atoms with E-state index in [4.69, 9.17) is 27.9 Å². The van der Waals surface area contributed by atoms with Crippen LogP contribution in [0.3, 0.4) is 0 Å². The van der Waals surface area contributed by atoms with Crippen molar-refractivity contribution in [3.63, 3.8) is 0 Å². The lowest BCUT2D eigenvalue weighted by Crippen LogP contribution is -2.15. The number of halogens is 2. The third-order valence-electron chi connectivity index (χ3n) is 5.24. The summed E-state index contributed by atoms with van der Waals surface area (Å²) in [6.45, 7) is 0.777. The summed E-state index contributed by atoms with van der Waals surface area (Å²) < 4.78 is 5.78. The Morgan fingerprint density at radius 1 is 1.10 bits per heavy atom. The highest BCUT2D eigenvalue weighted by Crippen LogP contribution is 2.37. The molecule has 0 bridgehead atoms. The number of ether oxygens (including phenoxy) is 1. The molecule has 0 radical (unpaired) electrons. The van der Waals surface area contributed by atoms with Crippen molar-refractivity contribution >= 4 is 41.2 Å². The molecule has 0 N–H and O–H groups in total. The number of hydrogen-bond donors (Lipinski definition) is 0. The van der Waals surface area contributed by atoms with Crippen molar-refractivity contribution in [2.45, 2.75) is 25.5 Å². The summed E-state index contributed by atoms with van der Waals surface area (Å²) in [6, 6.07) is 21.1. The summed E-state index contributed by atoms with van der Waals surface area (Å²) in [6.07, 6.45) is 3.14. The number of carbonyl (C=O) groups is 1. The molecule has 1 aliphatic carbocycles. The topological polar surface area (TPSA) is 41.9 Å². The van der Waals surface area contributed by atoms with Gasteiger partial charge in [0.2, 0.25) is 0 Å². The number of aliphatic imine (C=N–C) groups is 1. The Kier molecular flexibility index (Phi) is 6.59. The first kappa shape index (κ1) is 21.4. The molecule has 1 atom stereocenters. The minimum absolute atomic E-state index is 0.297. The van der Waals surface area contributed by atoms with Gasteiger partial charge in [0.05, 0.1) is 27.6 Å². The summed E-state index contributed by atoms with van der Waals surface area (Å²) in [7, 11) is 1.99. The van der Waals surface area contributed by atoms with Gasteiger partial charge in [0.1, 0.15) is 6.10 Å². The van der Waals surface area contributed by atoms with Gasteiger partial charge in [0.25, 0.3) is 0 Å². The maximum Gasteiger partial charge on any atom is 0.338 e. The van der Waals surface area contributed by atoms with Gasteiger partial charge in [-0.3, -0.25) is 0 Å². The highest BCUT2D eigenvalue weighted by molar-refractivity contribution is 6.42. The van der Waals surface area contributed by atoms with Gasteiger partial charge in [-0.05, 0) is 59.9 Å². The van der Waals surface area contributed by atoms with E-state index in [1.807, 2.05) is 48.6 Å². The molecule has 0 heterocycles. The minimum atomic E-state index is -0.409. The SMILES string of the molecule is CN(C=Nc1ccc2c(c1)C(OC(=O)c1ccc(Cl)c(Cl)c1)CC2)Cc1ccccc1. The van der Waals surface area contributed by atoms with E-state index in [-0.39, 0.29) is 6.10 Å². The molecule has 1 unspecified atom stereocenters. The molecule has 3 aromatic carbocycles. The Bertz CT molecular complexity index is 1120. The summed E-state index contributed by atoms with van der Waals surface area (Å²) in [5, 5.41) is 0.739. The Labute approximate surface area is 192 Å². The van der Waals surface area contributed by atoms with Crippen LogP contribution in [-0.2, 0) is 17.7 Å². The maximum atomic E-state index is 12.6. The monoisotopic (exact) mass is 452 g/mol. The first-order valence-corrected chi connectivity index (χ1v) is 10.8. The van der Waals surface area contributed by atoms with E-state index in [9.17, 15) is 4.79 Å². The summed E-state index contributed by atoms with van der Waals surface area (Å²) >= 11 is 12.0. The van der Waals surface area contributed by atoms with Gasteiger partial charge >= 0.3 is 5.97 Å². The molecule has 3 aromatic rings. The van der Waals surface area contributed by atoms with Crippen molar-refractivity contribution in [2.24, 2.45) is 4.99 Å². The van der Waals surface area contributed by atoms with Crippen LogP contribution >= 0.6 is 23.2 Å². The maximum absolute atomic E-state index is 12.6. The Morgan fingerprint density at radius 3 is 2.68 bits per heavy atom. The largest absolute Gasteiger partial charge is 0.454 e. The van der Waals surface area contributed by atoms with Crippen LogP contribution in [0, 0.1) is 0 Å². The van der Waals surface area contributed by atoms with E-state index in [2.05, 4.69) is 23.2 Å². The smallest absolute Gasteiger partial charge is 0.338 e. The molecule has 0 aliphatic heterocycles. The normalized spacial score (nSPS) is 15.1. The quantitative estimate of drug-likeness (QED) is 0.239. The molecule has 0 saturated carbocycles. The van der Waals surface area contributed by atoms with Gasteiger partial charge in [0, 0.05) is 13.6 Å². The van der Waals surface area contributed by atoms with Crippen molar-refractivity contribution in [3.8, 4) is 0 Å². The molecule has 4 rings (SSSR count). The molecule has 0 amide bonds. The average molecular weight is 453 g/mol. The predicted octanol–water partition coefficient (Wildman–Crippen LogP) is 6.63. The molecule has 4 nitrogen and oxygen atoms in total. The first-order valence-electron chi connectivity index (χ1n) is 10.1. The zero-order valence-corrected chi connectivity index (χ0v) is 18.6. The predicted molar refractivity (Wildman–Crippen MR) is 125 cm³/mol. The van der Waals surface area contributed by atoms with E-state index in [1.54, 1.807) is 12.1 Å². The highest BCUT2D eigenvalue weighted by atomic mass is 35.5. The average Bonchev–Trinajstić information content (AvgIpc) is 3.17. The van der Waals surface area contributed by atoms with Crippen LogP contribution in [0.1, 0.15) is 39.6 Å². The summed E-state index contributed by atoms with van der Waals surface area (Å²) in [5.41, 5.74) is 4.63. The fraction of sp³-hybridized carbons (Fsp3) is 0.200. The van der Waals surface area contributed by atoms with Crippen LogP contribution in [0.15, 0.2) is 71.7 Å². The van der Waals surface area contributed by atoms with Gasteiger partial charge in [-0.1, -0.05) is 59.6 Å². The van der Waals surface area contributed by atoms with Crippen molar-refractivity contribution in [2.75, 3.05) is 7.05 Å². The van der Waals surface area contributed by atoms with Crippen molar-refractivity contribution < 1.29 is 9.53 Å². The lowest BCUT2D eigenvalue weighted by atomic mass is 10.1. The molecule has 0 aromatic heterocycles. The van der Waals surface area contributed by atoms with Gasteiger partial charge in [-0.25, -0.2) is 9.79 Å². The molecule has 158 valence electrons. The van der Waals surface area contributed by atoms with Crippen LogP contribution in [-0.4, -0.2) is 24.3 Å². The van der Waals surface area contributed by atoms with E-state index in [0.29, 0.717) is 15.6 Å². The van der Waals surface area contributed by atoms with Crippen molar-refractivity contribution in [1.82, 2.24) is 4.90 Å². The summed E-state index contributed by atoms with van der Waals surface area (Å²) in [4.78, 5) is 19.2. The van der Waals surface area contributed by atoms with Crippen LogP contribution in [0.25, 0.3) is 0 Å². The number of aryl methyl sites for hydroxylation is 1. The lowest BCUT2D eigenvalue weighted by Gasteiger charge is -2.15. The number of rotatable bonds is 6. The lowest BCUT2D eigenvalue weighted by molar-refractivity contribution is 0.0301. The Balaban J connectivity index is 1.44. The molecule has 0 fully saturated rings. The van der Waals surface area contributed by atoms with E-state index < -0.39 is 5.97 Å². The van der Waals surface area contributed by atoms with Crippen molar-refractivity contribution in [3.05, 3.63) is 99.0 Å². The van der Waals surface area contributed by atoms with E-state index in [1.165, 1.54) is 17.2 Å². The third-order valence-corrected chi connectivity index (χ3v) is 5.97. The zero-order valence-electron chi connectivity index (χ0n) is 17.1. The van der Waals surface area contributed by atoms with Crippen molar-refractivity contribution in [1.29, 1.82) is 0 Å². The van der Waals surface area contributed by atoms with E-state index in [0.717, 1.165) is 30.6 Å². The van der Waals surface area contributed by atoms with Gasteiger partial charge in [-0.2, -0.15) is 0 Å². The van der Waals surface area contributed by atoms with Crippen LogP contribution in [0.4, 0.5) is 5.69 Å². The Hall–Kier alpha value is -2.82. The first-order chi connectivity index (χ1) is 15.0. The van der Waals surface area contributed by atoms with Gasteiger partial charge in [-0.15, -0.1) is 0 Å². The fourth-order valence-corrected chi connectivity index (χ4v) is 3.95. The second-order valence-corrected chi connectivity index (χ2v) is 8.40. The number of fused-ring (bicyclic) bond motifs is 1. The highest BCUT2D eigenvalue weighted by Gasteiger charge is 2.26. The summed E-state index contributed by atoms with van der Waals surface area (Å²) in [5.74, 6) is -0.409. The fourth-order valence-electron chi connectivity index (χ4n) is 3.65. The zero-order chi connectivity index (χ0) is 21.8. The molecule has 1 aliphatic rings. The number of esters is 1.